The van der Waals surface area contributed by atoms with Crippen LogP contribution < -0.4 is 11.1 Å². The van der Waals surface area contributed by atoms with Gasteiger partial charge in [0.25, 0.3) is 0 Å². The van der Waals surface area contributed by atoms with Gasteiger partial charge in [-0.25, -0.2) is 0 Å². The second-order valence-electron chi connectivity index (χ2n) is 7.47. The van der Waals surface area contributed by atoms with Gasteiger partial charge >= 0.3 is 0 Å². The van der Waals surface area contributed by atoms with E-state index < -0.39 is 0 Å². The Morgan fingerprint density at radius 1 is 1.10 bits per heavy atom. The summed E-state index contributed by atoms with van der Waals surface area (Å²) >= 11 is 0. The number of nitrogens with two attached hydrogens (primary N) is 1. The molecule has 2 aliphatic carbocycles. The van der Waals surface area contributed by atoms with Gasteiger partial charge in [-0.15, -0.1) is 0 Å². The Balaban J connectivity index is 1.65. The quantitative estimate of drug-likeness (QED) is 0.812. The van der Waals surface area contributed by atoms with E-state index in [0.717, 1.165) is 19.5 Å². The topological polar surface area (TPSA) is 55.1 Å². The first-order valence-electron chi connectivity index (χ1n) is 8.58. The molecular formula is C17H32N2O. The van der Waals surface area contributed by atoms with Crippen LogP contribution in [0.5, 0.6) is 0 Å². The van der Waals surface area contributed by atoms with Crippen molar-refractivity contribution in [2.45, 2.75) is 71.1 Å². The van der Waals surface area contributed by atoms with E-state index in [4.69, 9.17) is 5.73 Å². The molecule has 2 fully saturated rings. The summed E-state index contributed by atoms with van der Waals surface area (Å²) in [6.07, 6.45) is 12.1. The fraction of sp³-hybridized carbons (Fsp3) is 0.941. The number of hydrogen-bond acceptors (Lipinski definition) is 2. The maximum atomic E-state index is 12.1. The van der Waals surface area contributed by atoms with Crippen LogP contribution in [0.1, 0.15) is 71.1 Å². The molecule has 2 aliphatic rings. The van der Waals surface area contributed by atoms with Gasteiger partial charge in [-0.2, -0.15) is 0 Å². The molecule has 0 radical (unpaired) electrons. The van der Waals surface area contributed by atoms with Crippen molar-refractivity contribution >= 4 is 5.91 Å². The van der Waals surface area contributed by atoms with Gasteiger partial charge in [0.05, 0.1) is 0 Å². The fourth-order valence-corrected chi connectivity index (χ4v) is 3.90. The van der Waals surface area contributed by atoms with Crippen molar-refractivity contribution in [2.24, 2.45) is 23.0 Å². The Morgan fingerprint density at radius 3 is 2.30 bits per heavy atom. The van der Waals surface area contributed by atoms with Crippen LogP contribution in [-0.4, -0.2) is 19.0 Å². The Kier molecular flexibility index (Phi) is 5.88. The van der Waals surface area contributed by atoms with Gasteiger partial charge in [-0.3, -0.25) is 4.79 Å². The molecule has 116 valence electrons. The Labute approximate surface area is 124 Å². The van der Waals surface area contributed by atoms with Crippen LogP contribution in [0, 0.1) is 17.3 Å². The summed E-state index contributed by atoms with van der Waals surface area (Å²) < 4.78 is 0. The molecule has 0 aromatic heterocycles. The molecule has 0 atom stereocenters. The zero-order valence-electron chi connectivity index (χ0n) is 13.1. The number of hydrogen-bond donors (Lipinski definition) is 2. The molecule has 0 heterocycles. The molecule has 0 aliphatic heterocycles. The number of carbonyl (C=O) groups is 1. The van der Waals surface area contributed by atoms with Gasteiger partial charge in [0.1, 0.15) is 0 Å². The molecule has 1 amide bonds. The van der Waals surface area contributed by atoms with Crippen LogP contribution in [-0.2, 0) is 4.79 Å². The number of carbonyl (C=O) groups excluding carboxylic acids is 1. The molecule has 0 aromatic carbocycles. The minimum atomic E-state index is 0.271. The largest absolute Gasteiger partial charge is 0.356 e. The van der Waals surface area contributed by atoms with Gasteiger partial charge in [0, 0.05) is 13.0 Å². The molecular weight excluding hydrogens is 248 g/mol. The summed E-state index contributed by atoms with van der Waals surface area (Å²) in [5, 5.41) is 3.20. The summed E-state index contributed by atoms with van der Waals surface area (Å²) in [5.41, 5.74) is 6.07. The van der Waals surface area contributed by atoms with E-state index >= 15 is 0 Å². The molecule has 2 rings (SSSR count). The zero-order valence-corrected chi connectivity index (χ0v) is 13.1. The molecule has 0 bridgehead atoms. The van der Waals surface area contributed by atoms with Crippen LogP contribution >= 0.6 is 0 Å². The van der Waals surface area contributed by atoms with E-state index in [9.17, 15) is 4.79 Å². The van der Waals surface area contributed by atoms with Crippen LogP contribution in [0.3, 0.4) is 0 Å². The highest BCUT2D eigenvalue weighted by Crippen LogP contribution is 2.35. The monoisotopic (exact) mass is 280 g/mol. The van der Waals surface area contributed by atoms with Crippen molar-refractivity contribution in [1.29, 1.82) is 0 Å². The average Bonchev–Trinajstić information content (AvgIpc) is 2.47. The first kappa shape index (κ1) is 15.8. The van der Waals surface area contributed by atoms with Gasteiger partial charge in [-0.05, 0) is 62.3 Å². The van der Waals surface area contributed by atoms with Crippen molar-refractivity contribution in [3.8, 4) is 0 Å². The van der Waals surface area contributed by atoms with Crippen LogP contribution in [0.25, 0.3) is 0 Å². The van der Waals surface area contributed by atoms with Crippen LogP contribution in [0.2, 0.25) is 0 Å². The Hall–Kier alpha value is -0.570. The smallest absolute Gasteiger partial charge is 0.220 e. The van der Waals surface area contributed by atoms with Gasteiger partial charge < -0.3 is 11.1 Å². The highest BCUT2D eigenvalue weighted by atomic mass is 16.1. The summed E-state index contributed by atoms with van der Waals surface area (Å²) in [4.78, 5) is 12.1. The Bertz CT molecular complexity index is 302. The summed E-state index contributed by atoms with van der Waals surface area (Å²) in [6.45, 7) is 4.03. The van der Waals surface area contributed by atoms with Crippen molar-refractivity contribution in [3.05, 3.63) is 0 Å². The van der Waals surface area contributed by atoms with Gasteiger partial charge in [-0.1, -0.05) is 26.2 Å². The minimum Gasteiger partial charge on any atom is -0.356 e. The minimum absolute atomic E-state index is 0.271. The van der Waals surface area contributed by atoms with Crippen molar-refractivity contribution < 1.29 is 4.79 Å². The lowest BCUT2D eigenvalue weighted by molar-refractivity contribution is -0.122. The predicted molar refractivity (Wildman–Crippen MR) is 83.3 cm³/mol. The zero-order chi connectivity index (χ0) is 14.4. The first-order chi connectivity index (χ1) is 9.61. The summed E-state index contributed by atoms with van der Waals surface area (Å²) in [5.74, 6) is 1.57. The maximum absolute atomic E-state index is 12.1. The molecule has 0 saturated heterocycles. The lowest BCUT2D eigenvalue weighted by Crippen LogP contribution is -2.38. The standard InChI is InChI=1S/C17H32N2O/c1-17(9-3-2-4-10-17)13-19-16(20)11-14-5-7-15(12-18)8-6-14/h14-15H,2-13,18H2,1H3,(H,19,20). The second-order valence-corrected chi connectivity index (χ2v) is 7.47. The van der Waals surface area contributed by atoms with E-state index in [1.807, 2.05) is 0 Å². The van der Waals surface area contributed by atoms with E-state index in [1.54, 1.807) is 0 Å². The highest BCUT2D eigenvalue weighted by Gasteiger charge is 2.28. The van der Waals surface area contributed by atoms with Crippen molar-refractivity contribution in [1.82, 2.24) is 5.32 Å². The van der Waals surface area contributed by atoms with Gasteiger partial charge in [0.15, 0.2) is 0 Å². The highest BCUT2D eigenvalue weighted by molar-refractivity contribution is 5.76. The second kappa shape index (κ2) is 7.44. The fourth-order valence-electron chi connectivity index (χ4n) is 3.90. The SMILES string of the molecule is CC1(CNC(=O)CC2CCC(CN)CC2)CCCCC1. The van der Waals surface area contributed by atoms with E-state index in [2.05, 4.69) is 12.2 Å². The lowest BCUT2D eigenvalue weighted by Gasteiger charge is -2.34. The average molecular weight is 280 g/mol. The number of rotatable bonds is 5. The third kappa shape index (κ3) is 4.76. The third-order valence-electron chi connectivity index (χ3n) is 5.55. The predicted octanol–water partition coefficient (Wildman–Crippen LogP) is 3.23. The molecule has 3 heteroatoms. The number of nitrogens with one attached hydrogen (secondary N) is 1. The van der Waals surface area contributed by atoms with Crippen LogP contribution in [0.15, 0.2) is 0 Å². The molecule has 3 nitrogen and oxygen atoms in total. The van der Waals surface area contributed by atoms with E-state index in [-0.39, 0.29) is 5.91 Å². The van der Waals surface area contributed by atoms with E-state index in [0.29, 0.717) is 17.3 Å². The molecule has 3 N–H and O–H groups in total. The molecule has 20 heavy (non-hydrogen) atoms. The van der Waals surface area contributed by atoms with Crippen molar-refractivity contribution in [3.63, 3.8) is 0 Å². The molecule has 0 spiro atoms. The molecule has 0 unspecified atom stereocenters. The third-order valence-corrected chi connectivity index (χ3v) is 5.55. The maximum Gasteiger partial charge on any atom is 0.220 e. The molecule has 2 saturated carbocycles. The van der Waals surface area contributed by atoms with Crippen LogP contribution in [0.4, 0.5) is 0 Å². The normalized spacial score (nSPS) is 29.9. The Morgan fingerprint density at radius 2 is 1.70 bits per heavy atom. The molecule has 0 aromatic rings. The van der Waals surface area contributed by atoms with Crippen molar-refractivity contribution in [2.75, 3.05) is 13.1 Å². The lowest BCUT2D eigenvalue weighted by atomic mass is 9.75. The summed E-state index contributed by atoms with van der Waals surface area (Å²) in [7, 11) is 0. The summed E-state index contributed by atoms with van der Waals surface area (Å²) in [6, 6.07) is 0. The van der Waals surface area contributed by atoms with E-state index in [1.165, 1.54) is 57.8 Å². The first-order valence-corrected chi connectivity index (χ1v) is 8.58. The number of amides is 1. The van der Waals surface area contributed by atoms with Gasteiger partial charge in [0.2, 0.25) is 5.91 Å².